The van der Waals surface area contributed by atoms with Crippen molar-refractivity contribution in [2.75, 3.05) is 6.61 Å². The van der Waals surface area contributed by atoms with Crippen LogP contribution in [0.25, 0.3) is 0 Å². The van der Waals surface area contributed by atoms with Crippen LogP contribution in [0.3, 0.4) is 0 Å². The number of rotatable bonds is 2. The van der Waals surface area contributed by atoms with E-state index in [1.807, 2.05) is 27.7 Å². The highest BCUT2D eigenvalue weighted by molar-refractivity contribution is 5.09. The molecule has 0 aromatic heterocycles. The molecule has 0 aromatic rings. The lowest BCUT2D eigenvalue weighted by atomic mass is 9.89. The molecule has 3 aliphatic rings. The summed E-state index contributed by atoms with van der Waals surface area (Å²) in [5.41, 5.74) is -0.731. The van der Waals surface area contributed by atoms with Gasteiger partial charge in [-0.05, 0) is 34.1 Å². The highest BCUT2D eigenvalue weighted by Crippen LogP contribution is 2.51. The summed E-state index contributed by atoms with van der Waals surface area (Å²) in [5.74, 6) is -1.42. The molecule has 0 bridgehead atoms. The summed E-state index contributed by atoms with van der Waals surface area (Å²) in [6, 6.07) is 2.17. The minimum atomic E-state index is -0.739. The Hall–Kier alpha value is -0.710. The van der Waals surface area contributed by atoms with Crippen molar-refractivity contribution in [2.45, 2.75) is 76.2 Å². The fourth-order valence-corrected chi connectivity index (χ4v) is 3.25. The van der Waals surface area contributed by atoms with Crippen LogP contribution in [0.2, 0.25) is 0 Å². The van der Waals surface area contributed by atoms with Crippen molar-refractivity contribution >= 4 is 0 Å². The standard InChI is InChI=1S/C14H21NO5/c1-12(2)16-8-9-10(18-12)14(6-5-7-15)11(17-9)19-13(3,4)20-14/h9-11H,5-6,8H2,1-4H3/t9-,10+,11?,14?/m0/s1. The van der Waals surface area contributed by atoms with Crippen molar-refractivity contribution in [1.29, 1.82) is 5.26 Å². The Kier molecular flexibility index (Phi) is 3.13. The van der Waals surface area contributed by atoms with Gasteiger partial charge in [0.25, 0.3) is 0 Å². The predicted octanol–water partition coefficient (Wildman–Crippen LogP) is 1.69. The van der Waals surface area contributed by atoms with Crippen molar-refractivity contribution in [3.05, 3.63) is 0 Å². The second-order valence-electron chi connectivity index (χ2n) is 6.49. The number of nitriles is 1. The first kappa shape index (κ1) is 14.2. The zero-order valence-corrected chi connectivity index (χ0v) is 12.3. The lowest BCUT2D eigenvalue weighted by Gasteiger charge is -2.42. The van der Waals surface area contributed by atoms with Crippen LogP contribution in [0, 0.1) is 11.3 Å². The third kappa shape index (κ3) is 2.14. The summed E-state index contributed by atoms with van der Waals surface area (Å²) in [4.78, 5) is 0. The Morgan fingerprint density at radius 3 is 2.60 bits per heavy atom. The van der Waals surface area contributed by atoms with Crippen molar-refractivity contribution in [2.24, 2.45) is 0 Å². The van der Waals surface area contributed by atoms with Gasteiger partial charge in [0.15, 0.2) is 23.5 Å². The van der Waals surface area contributed by atoms with E-state index >= 15 is 0 Å². The highest BCUT2D eigenvalue weighted by Gasteiger charge is 2.68. The number of hydrogen-bond acceptors (Lipinski definition) is 6. The molecule has 3 saturated heterocycles. The first-order chi connectivity index (χ1) is 9.28. The summed E-state index contributed by atoms with van der Waals surface area (Å²) in [6.07, 6.45) is -0.130. The molecule has 6 heteroatoms. The third-order valence-corrected chi connectivity index (χ3v) is 3.98. The summed E-state index contributed by atoms with van der Waals surface area (Å²) in [5, 5.41) is 8.92. The van der Waals surface area contributed by atoms with Gasteiger partial charge in [-0.2, -0.15) is 5.26 Å². The maximum Gasteiger partial charge on any atom is 0.193 e. The lowest BCUT2D eigenvalue weighted by molar-refractivity contribution is -0.328. The lowest BCUT2D eigenvalue weighted by Crippen LogP contribution is -2.57. The molecular weight excluding hydrogens is 262 g/mol. The van der Waals surface area contributed by atoms with Gasteiger partial charge < -0.3 is 23.7 Å². The molecule has 112 valence electrons. The maximum atomic E-state index is 8.92. The van der Waals surface area contributed by atoms with Gasteiger partial charge in [-0.25, -0.2) is 0 Å². The Morgan fingerprint density at radius 1 is 1.15 bits per heavy atom. The van der Waals surface area contributed by atoms with E-state index in [4.69, 9.17) is 28.9 Å². The normalized spacial score (nSPS) is 44.6. The summed E-state index contributed by atoms with van der Waals surface area (Å²) >= 11 is 0. The van der Waals surface area contributed by atoms with Gasteiger partial charge >= 0.3 is 0 Å². The number of fused-ring (bicyclic) bond motifs is 3. The smallest absolute Gasteiger partial charge is 0.193 e. The van der Waals surface area contributed by atoms with Crippen LogP contribution in [-0.4, -0.2) is 42.3 Å². The summed E-state index contributed by atoms with van der Waals surface area (Å²) in [6.45, 7) is 7.88. The summed E-state index contributed by atoms with van der Waals surface area (Å²) in [7, 11) is 0. The van der Waals surface area contributed by atoms with E-state index in [2.05, 4.69) is 6.07 Å². The quantitative estimate of drug-likeness (QED) is 0.768. The van der Waals surface area contributed by atoms with E-state index < -0.39 is 23.5 Å². The molecule has 0 aromatic carbocycles. The Balaban J connectivity index is 1.91. The van der Waals surface area contributed by atoms with E-state index in [0.29, 0.717) is 19.4 Å². The van der Waals surface area contributed by atoms with Gasteiger partial charge in [0.2, 0.25) is 0 Å². The number of nitrogens with zero attached hydrogens (tertiary/aromatic N) is 1. The predicted molar refractivity (Wildman–Crippen MR) is 67.4 cm³/mol. The topological polar surface area (TPSA) is 69.9 Å². The molecule has 6 nitrogen and oxygen atoms in total. The zero-order chi connectivity index (χ0) is 14.6. The average Bonchev–Trinajstić information content (AvgIpc) is 2.74. The van der Waals surface area contributed by atoms with Gasteiger partial charge in [0.1, 0.15) is 12.2 Å². The summed E-state index contributed by atoms with van der Waals surface area (Å²) < 4.78 is 29.6. The minimum Gasteiger partial charge on any atom is -0.348 e. The molecule has 3 aliphatic heterocycles. The fraction of sp³-hybridized carbons (Fsp3) is 0.929. The second-order valence-corrected chi connectivity index (χ2v) is 6.49. The minimum absolute atomic E-state index is 0.220. The number of hydrogen-bond donors (Lipinski definition) is 0. The van der Waals surface area contributed by atoms with E-state index in [-0.39, 0.29) is 12.2 Å². The Bertz CT molecular complexity index is 443. The van der Waals surface area contributed by atoms with Gasteiger partial charge in [0, 0.05) is 6.42 Å². The van der Waals surface area contributed by atoms with Crippen LogP contribution in [0.4, 0.5) is 0 Å². The van der Waals surface area contributed by atoms with E-state index in [0.717, 1.165) is 0 Å². The molecule has 3 heterocycles. The van der Waals surface area contributed by atoms with Gasteiger partial charge in [0.05, 0.1) is 12.7 Å². The van der Waals surface area contributed by atoms with Crippen molar-refractivity contribution in [3.8, 4) is 6.07 Å². The van der Waals surface area contributed by atoms with Crippen molar-refractivity contribution < 1.29 is 23.7 Å². The fourth-order valence-electron chi connectivity index (χ4n) is 3.25. The third-order valence-electron chi connectivity index (χ3n) is 3.98. The van der Waals surface area contributed by atoms with Gasteiger partial charge in [-0.1, -0.05) is 0 Å². The Morgan fingerprint density at radius 2 is 1.90 bits per heavy atom. The molecule has 3 fully saturated rings. The van der Waals surface area contributed by atoms with Crippen molar-refractivity contribution in [3.63, 3.8) is 0 Å². The van der Waals surface area contributed by atoms with Crippen LogP contribution < -0.4 is 0 Å². The molecular formula is C14H21NO5. The highest BCUT2D eigenvalue weighted by atomic mass is 16.9. The molecule has 0 N–H and O–H groups in total. The van der Waals surface area contributed by atoms with Crippen molar-refractivity contribution in [1.82, 2.24) is 0 Å². The van der Waals surface area contributed by atoms with E-state index in [9.17, 15) is 0 Å². The molecule has 3 rings (SSSR count). The van der Waals surface area contributed by atoms with Gasteiger partial charge in [-0.15, -0.1) is 0 Å². The first-order valence-electron chi connectivity index (χ1n) is 7.00. The monoisotopic (exact) mass is 283 g/mol. The van der Waals surface area contributed by atoms with Crippen LogP contribution in [0.1, 0.15) is 40.5 Å². The van der Waals surface area contributed by atoms with Crippen LogP contribution >= 0.6 is 0 Å². The maximum absolute atomic E-state index is 8.92. The SMILES string of the molecule is CC1(C)OC[C@@H]2OC3OC(C)(C)OC3(CCC#N)[C@@H]2O1. The number of ether oxygens (including phenoxy) is 5. The van der Waals surface area contributed by atoms with Crippen LogP contribution in [0.5, 0.6) is 0 Å². The average molecular weight is 283 g/mol. The van der Waals surface area contributed by atoms with E-state index in [1.54, 1.807) is 0 Å². The molecule has 20 heavy (non-hydrogen) atoms. The van der Waals surface area contributed by atoms with Crippen LogP contribution in [-0.2, 0) is 23.7 Å². The van der Waals surface area contributed by atoms with Crippen LogP contribution in [0.15, 0.2) is 0 Å². The molecule has 0 radical (unpaired) electrons. The zero-order valence-electron chi connectivity index (χ0n) is 12.3. The van der Waals surface area contributed by atoms with Gasteiger partial charge in [-0.3, -0.25) is 0 Å². The molecule has 0 spiro atoms. The largest absolute Gasteiger partial charge is 0.348 e. The second kappa shape index (κ2) is 4.39. The molecule has 4 atom stereocenters. The molecule has 2 unspecified atom stereocenters. The molecule has 0 saturated carbocycles. The molecule has 0 amide bonds. The molecule has 0 aliphatic carbocycles. The first-order valence-corrected chi connectivity index (χ1v) is 7.00. The Labute approximate surface area is 118 Å². The van der Waals surface area contributed by atoms with E-state index in [1.165, 1.54) is 0 Å².